The number of rotatable bonds is 4. The molecule has 1 aliphatic heterocycles. The maximum absolute atomic E-state index is 12.5. The quantitative estimate of drug-likeness (QED) is 0.836. The smallest absolute Gasteiger partial charge is 0.387 e. The molecule has 1 amide bonds. The Labute approximate surface area is 145 Å². The number of amides is 1. The number of ether oxygens (including phenoxy) is 2. The van der Waals surface area contributed by atoms with Crippen LogP contribution in [0.5, 0.6) is 11.5 Å². The Morgan fingerprint density at radius 2 is 2.08 bits per heavy atom. The average molecular weight is 398 g/mol. The minimum absolute atomic E-state index is 0.0702. The Balaban J connectivity index is 1.83. The number of benzene rings is 2. The third-order valence-electron chi connectivity index (χ3n) is 3.66. The fraction of sp³-hybridized carbons (Fsp3) is 0.235. The normalized spacial score (nSPS) is 16.2. The zero-order valence-corrected chi connectivity index (χ0v) is 14.1. The highest BCUT2D eigenvalue weighted by Crippen LogP contribution is 2.34. The highest BCUT2D eigenvalue weighted by molar-refractivity contribution is 9.10. The van der Waals surface area contributed by atoms with Gasteiger partial charge >= 0.3 is 6.61 Å². The second kappa shape index (κ2) is 7.17. The lowest BCUT2D eigenvalue weighted by molar-refractivity contribution is -0.0501. The molecule has 1 heterocycles. The minimum Gasteiger partial charge on any atom is -0.493 e. The second-order valence-corrected chi connectivity index (χ2v) is 6.14. The first kappa shape index (κ1) is 16.7. The van der Waals surface area contributed by atoms with E-state index in [9.17, 15) is 13.6 Å². The van der Waals surface area contributed by atoms with Crippen LogP contribution in [-0.4, -0.2) is 19.1 Å². The molecule has 0 radical (unpaired) electrons. The van der Waals surface area contributed by atoms with Crippen LogP contribution in [0.25, 0.3) is 0 Å². The summed E-state index contributed by atoms with van der Waals surface area (Å²) in [6.07, 6.45) is 0.590. The molecule has 0 aromatic heterocycles. The standard InChI is InChI=1S/C17H14BrF2NO3/c18-10-5-6-14-12(9-10)13(7-8-23-14)21-16(22)11-3-1-2-4-15(11)24-17(19)20/h1-6,9,13,17H,7-8H2,(H,21,22). The van der Waals surface area contributed by atoms with E-state index < -0.39 is 12.5 Å². The lowest BCUT2D eigenvalue weighted by Gasteiger charge is -2.27. The molecular weight excluding hydrogens is 384 g/mol. The fourth-order valence-electron chi connectivity index (χ4n) is 2.60. The van der Waals surface area contributed by atoms with E-state index in [0.717, 1.165) is 10.0 Å². The van der Waals surface area contributed by atoms with Gasteiger partial charge in [0.25, 0.3) is 5.91 Å². The van der Waals surface area contributed by atoms with Gasteiger partial charge in [-0.25, -0.2) is 0 Å². The summed E-state index contributed by atoms with van der Waals surface area (Å²) in [5.41, 5.74) is 0.914. The molecule has 1 unspecified atom stereocenters. The molecule has 0 spiro atoms. The molecule has 7 heteroatoms. The molecule has 1 aliphatic rings. The number of fused-ring (bicyclic) bond motifs is 1. The lowest BCUT2D eigenvalue weighted by atomic mass is 10.00. The van der Waals surface area contributed by atoms with Crippen LogP contribution in [0.4, 0.5) is 8.78 Å². The molecule has 0 aliphatic carbocycles. The summed E-state index contributed by atoms with van der Waals surface area (Å²) in [5, 5.41) is 2.87. The van der Waals surface area contributed by atoms with Crippen LogP contribution in [0, 0.1) is 0 Å². The van der Waals surface area contributed by atoms with Crippen LogP contribution in [0.2, 0.25) is 0 Å². The Morgan fingerprint density at radius 3 is 2.88 bits per heavy atom. The average Bonchev–Trinajstić information content (AvgIpc) is 2.55. The van der Waals surface area contributed by atoms with E-state index in [-0.39, 0.29) is 17.4 Å². The number of nitrogens with one attached hydrogen (secondary N) is 1. The van der Waals surface area contributed by atoms with E-state index >= 15 is 0 Å². The van der Waals surface area contributed by atoms with Crippen molar-refractivity contribution in [1.82, 2.24) is 5.32 Å². The highest BCUT2D eigenvalue weighted by atomic mass is 79.9. The Hall–Kier alpha value is -2.15. The Bertz CT molecular complexity index is 754. The number of halogens is 3. The van der Waals surface area contributed by atoms with Crippen molar-refractivity contribution in [2.24, 2.45) is 0 Å². The van der Waals surface area contributed by atoms with E-state index in [1.807, 2.05) is 18.2 Å². The second-order valence-electron chi connectivity index (χ2n) is 5.22. The molecule has 0 fully saturated rings. The predicted octanol–water partition coefficient (Wildman–Crippen LogP) is 4.30. The number of para-hydroxylation sites is 1. The largest absolute Gasteiger partial charge is 0.493 e. The van der Waals surface area contributed by atoms with Crippen LogP contribution in [0.15, 0.2) is 46.9 Å². The maximum atomic E-state index is 12.5. The van der Waals surface area contributed by atoms with Crippen molar-refractivity contribution in [3.05, 3.63) is 58.1 Å². The molecular formula is C17H14BrF2NO3. The van der Waals surface area contributed by atoms with Gasteiger partial charge < -0.3 is 14.8 Å². The third-order valence-corrected chi connectivity index (χ3v) is 4.16. The summed E-state index contributed by atoms with van der Waals surface area (Å²) in [6.45, 7) is -2.52. The highest BCUT2D eigenvalue weighted by Gasteiger charge is 2.25. The third kappa shape index (κ3) is 3.67. The lowest BCUT2D eigenvalue weighted by Crippen LogP contribution is -2.32. The number of carbonyl (C=O) groups excluding carboxylic acids is 1. The summed E-state index contributed by atoms with van der Waals surface area (Å²) in [4.78, 5) is 12.5. The van der Waals surface area contributed by atoms with Crippen LogP contribution in [-0.2, 0) is 0 Å². The summed E-state index contributed by atoms with van der Waals surface area (Å²) in [6, 6.07) is 11.2. The SMILES string of the molecule is O=C(NC1CCOc2ccc(Br)cc21)c1ccccc1OC(F)F. The van der Waals surface area contributed by atoms with Gasteiger partial charge in [0.1, 0.15) is 11.5 Å². The maximum Gasteiger partial charge on any atom is 0.387 e. The van der Waals surface area contributed by atoms with Crippen LogP contribution in [0.3, 0.4) is 0 Å². The van der Waals surface area contributed by atoms with Gasteiger partial charge in [0.2, 0.25) is 0 Å². The first-order valence-electron chi connectivity index (χ1n) is 7.31. The molecule has 1 atom stereocenters. The van der Waals surface area contributed by atoms with Crippen LogP contribution in [0.1, 0.15) is 28.4 Å². The zero-order chi connectivity index (χ0) is 17.1. The first-order valence-corrected chi connectivity index (χ1v) is 8.11. The van der Waals surface area contributed by atoms with Gasteiger partial charge in [-0.2, -0.15) is 8.78 Å². The zero-order valence-electron chi connectivity index (χ0n) is 12.5. The molecule has 3 rings (SSSR count). The van der Waals surface area contributed by atoms with Crippen LogP contribution < -0.4 is 14.8 Å². The van der Waals surface area contributed by atoms with Gasteiger partial charge in [0, 0.05) is 16.5 Å². The van der Waals surface area contributed by atoms with Gasteiger partial charge in [-0.3, -0.25) is 4.79 Å². The van der Waals surface area contributed by atoms with Gasteiger partial charge in [0.05, 0.1) is 18.2 Å². The first-order chi connectivity index (χ1) is 11.5. The molecule has 0 saturated heterocycles. The Morgan fingerprint density at radius 1 is 1.29 bits per heavy atom. The van der Waals surface area contributed by atoms with Crippen LogP contribution >= 0.6 is 15.9 Å². The van der Waals surface area contributed by atoms with Crippen molar-refractivity contribution >= 4 is 21.8 Å². The van der Waals surface area contributed by atoms with E-state index in [0.29, 0.717) is 18.8 Å². The number of alkyl halides is 2. The topological polar surface area (TPSA) is 47.6 Å². The molecule has 0 saturated carbocycles. The number of hydrogen-bond acceptors (Lipinski definition) is 3. The predicted molar refractivity (Wildman–Crippen MR) is 87.5 cm³/mol. The summed E-state index contributed by atoms with van der Waals surface area (Å²) < 4.78 is 35.8. The van der Waals surface area contributed by atoms with Crippen molar-refractivity contribution in [1.29, 1.82) is 0 Å². The molecule has 0 bridgehead atoms. The molecule has 24 heavy (non-hydrogen) atoms. The monoisotopic (exact) mass is 397 g/mol. The van der Waals surface area contributed by atoms with E-state index in [1.54, 1.807) is 6.07 Å². The molecule has 2 aromatic carbocycles. The summed E-state index contributed by atoms with van der Waals surface area (Å²) in [7, 11) is 0. The number of carbonyl (C=O) groups is 1. The Kier molecular flexibility index (Phi) is 4.99. The van der Waals surface area contributed by atoms with Gasteiger partial charge in [0.15, 0.2) is 0 Å². The van der Waals surface area contributed by atoms with Crippen molar-refractivity contribution in [3.8, 4) is 11.5 Å². The van der Waals surface area contributed by atoms with Crippen molar-refractivity contribution in [2.45, 2.75) is 19.1 Å². The van der Waals surface area contributed by atoms with Gasteiger partial charge in [-0.05, 0) is 30.3 Å². The number of hydrogen-bond donors (Lipinski definition) is 1. The van der Waals surface area contributed by atoms with Crippen molar-refractivity contribution in [3.63, 3.8) is 0 Å². The molecule has 126 valence electrons. The van der Waals surface area contributed by atoms with Crippen molar-refractivity contribution < 1.29 is 23.0 Å². The van der Waals surface area contributed by atoms with E-state index in [4.69, 9.17) is 4.74 Å². The van der Waals surface area contributed by atoms with E-state index in [1.165, 1.54) is 18.2 Å². The summed E-state index contributed by atoms with van der Waals surface area (Å²) in [5.74, 6) is 0.0856. The molecule has 4 nitrogen and oxygen atoms in total. The fourth-order valence-corrected chi connectivity index (χ4v) is 2.98. The van der Waals surface area contributed by atoms with Gasteiger partial charge in [-0.15, -0.1) is 0 Å². The minimum atomic E-state index is -2.99. The summed E-state index contributed by atoms with van der Waals surface area (Å²) >= 11 is 3.40. The van der Waals surface area contributed by atoms with Gasteiger partial charge in [-0.1, -0.05) is 28.1 Å². The molecule has 1 N–H and O–H groups in total. The molecule has 2 aromatic rings. The van der Waals surface area contributed by atoms with E-state index in [2.05, 4.69) is 26.0 Å². The van der Waals surface area contributed by atoms with Crippen molar-refractivity contribution in [2.75, 3.05) is 6.61 Å².